The highest BCUT2D eigenvalue weighted by Crippen LogP contribution is 2.17. The van der Waals surface area contributed by atoms with Crippen LogP contribution in [0.25, 0.3) is 0 Å². The first-order valence-corrected chi connectivity index (χ1v) is 8.65. The second kappa shape index (κ2) is 11.3. The molecule has 0 aromatic heterocycles. The van der Waals surface area contributed by atoms with Gasteiger partial charge in [0.2, 0.25) is 5.91 Å². The molecule has 0 spiro atoms. The highest BCUT2D eigenvalue weighted by molar-refractivity contribution is 14.0. The maximum absolute atomic E-state index is 12.1. The molecule has 5 nitrogen and oxygen atoms in total. The predicted octanol–water partition coefficient (Wildman–Crippen LogP) is 3.30. The molecule has 0 saturated heterocycles. The molecule has 1 aliphatic rings. The van der Waals surface area contributed by atoms with E-state index in [1.165, 1.54) is 31.2 Å². The van der Waals surface area contributed by atoms with Crippen LogP contribution in [-0.2, 0) is 11.2 Å². The van der Waals surface area contributed by atoms with Crippen molar-refractivity contribution in [1.82, 2.24) is 10.6 Å². The number of guanidine groups is 1. The molecule has 6 heteroatoms. The van der Waals surface area contributed by atoms with Crippen molar-refractivity contribution in [3.8, 4) is 0 Å². The van der Waals surface area contributed by atoms with Crippen LogP contribution in [0.5, 0.6) is 0 Å². The van der Waals surface area contributed by atoms with E-state index in [2.05, 4.69) is 33.9 Å². The van der Waals surface area contributed by atoms with Crippen LogP contribution in [0.1, 0.15) is 45.1 Å². The van der Waals surface area contributed by atoms with E-state index in [0.29, 0.717) is 6.04 Å². The number of benzene rings is 1. The van der Waals surface area contributed by atoms with Crippen molar-refractivity contribution in [2.75, 3.05) is 18.4 Å². The number of hydrogen-bond acceptors (Lipinski definition) is 2. The normalized spacial score (nSPS) is 14.8. The van der Waals surface area contributed by atoms with Crippen LogP contribution in [0.4, 0.5) is 5.69 Å². The number of amides is 1. The van der Waals surface area contributed by atoms with Crippen LogP contribution in [0.3, 0.4) is 0 Å². The number of anilines is 1. The lowest BCUT2D eigenvalue weighted by Crippen LogP contribution is -2.42. The minimum Gasteiger partial charge on any atom is -0.357 e. The lowest BCUT2D eigenvalue weighted by atomic mass is 10.1. The molecular formula is C18H29IN4O. The number of aryl methyl sites for hydroxylation is 1. The Morgan fingerprint density at radius 3 is 2.67 bits per heavy atom. The second-order valence-electron chi connectivity index (χ2n) is 5.92. The van der Waals surface area contributed by atoms with Crippen LogP contribution in [-0.4, -0.2) is 31.0 Å². The Kier molecular flexibility index (Phi) is 9.75. The predicted molar refractivity (Wildman–Crippen MR) is 111 cm³/mol. The molecule has 1 aromatic carbocycles. The highest BCUT2D eigenvalue weighted by Gasteiger charge is 2.16. The molecule has 1 aliphatic carbocycles. The third-order valence-electron chi connectivity index (χ3n) is 4.04. The molecule has 0 aliphatic heterocycles. The lowest BCUT2D eigenvalue weighted by Gasteiger charge is -2.16. The summed E-state index contributed by atoms with van der Waals surface area (Å²) in [6.45, 7) is 5.04. The summed E-state index contributed by atoms with van der Waals surface area (Å²) >= 11 is 0. The van der Waals surface area contributed by atoms with Crippen molar-refractivity contribution in [2.45, 2.75) is 52.0 Å². The zero-order chi connectivity index (χ0) is 16.5. The van der Waals surface area contributed by atoms with Gasteiger partial charge in [-0.2, -0.15) is 0 Å². The molecule has 1 amide bonds. The van der Waals surface area contributed by atoms with Crippen LogP contribution >= 0.6 is 24.0 Å². The number of carbonyl (C=O) groups excluding carboxylic acids is 1. The summed E-state index contributed by atoms with van der Waals surface area (Å²) in [5.41, 5.74) is 2.04. The molecule has 134 valence electrons. The molecule has 1 aromatic rings. The summed E-state index contributed by atoms with van der Waals surface area (Å²) in [6, 6.07) is 8.41. The molecule has 0 heterocycles. The van der Waals surface area contributed by atoms with Gasteiger partial charge in [-0.05, 0) is 43.9 Å². The fourth-order valence-electron chi connectivity index (χ4n) is 2.80. The van der Waals surface area contributed by atoms with E-state index in [0.717, 1.165) is 24.6 Å². The van der Waals surface area contributed by atoms with Gasteiger partial charge in [-0.25, -0.2) is 4.99 Å². The quantitative estimate of drug-likeness (QED) is 0.359. The summed E-state index contributed by atoms with van der Waals surface area (Å²) in [5.74, 6) is 0.638. The maximum Gasteiger partial charge on any atom is 0.246 e. The second-order valence-corrected chi connectivity index (χ2v) is 5.92. The van der Waals surface area contributed by atoms with Gasteiger partial charge in [0, 0.05) is 18.3 Å². The van der Waals surface area contributed by atoms with Crippen molar-refractivity contribution < 1.29 is 4.79 Å². The van der Waals surface area contributed by atoms with E-state index in [1.807, 2.05) is 25.1 Å². The Hall–Kier alpha value is -1.31. The van der Waals surface area contributed by atoms with Crippen LogP contribution in [0.2, 0.25) is 0 Å². The van der Waals surface area contributed by atoms with Crippen molar-refractivity contribution in [3.63, 3.8) is 0 Å². The van der Waals surface area contributed by atoms with E-state index >= 15 is 0 Å². The molecule has 0 atom stereocenters. The van der Waals surface area contributed by atoms with Gasteiger partial charge in [-0.15, -0.1) is 24.0 Å². The fraction of sp³-hybridized carbons (Fsp3) is 0.556. The average molecular weight is 444 g/mol. The van der Waals surface area contributed by atoms with Crippen molar-refractivity contribution in [1.29, 1.82) is 0 Å². The first-order valence-electron chi connectivity index (χ1n) is 8.65. The number of nitrogens with one attached hydrogen (secondary N) is 3. The Balaban J connectivity index is 0.00000288. The molecule has 3 N–H and O–H groups in total. The fourth-order valence-corrected chi connectivity index (χ4v) is 2.80. The topological polar surface area (TPSA) is 65.5 Å². The Bertz CT molecular complexity index is 542. The first kappa shape index (κ1) is 20.7. The van der Waals surface area contributed by atoms with Gasteiger partial charge in [0.25, 0.3) is 0 Å². The Morgan fingerprint density at radius 1 is 1.25 bits per heavy atom. The SMILES string of the molecule is CCNC(=NCC(=O)Nc1cccc(CC)c1)NC1CCCC1.I. The van der Waals surface area contributed by atoms with E-state index in [9.17, 15) is 4.79 Å². The average Bonchev–Trinajstić information content (AvgIpc) is 3.06. The number of hydrogen-bond donors (Lipinski definition) is 3. The molecule has 0 bridgehead atoms. The van der Waals surface area contributed by atoms with E-state index in [1.54, 1.807) is 0 Å². The number of rotatable bonds is 6. The molecule has 0 unspecified atom stereocenters. The number of aliphatic imine (C=N–C) groups is 1. The molecule has 1 saturated carbocycles. The largest absolute Gasteiger partial charge is 0.357 e. The summed E-state index contributed by atoms with van der Waals surface area (Å²) < 4.78 is 0. The standard InChI is InChI=1S/C18H28N4O.HI/c1-3-14-8-7-11-16(12-14)21-17(23)13-20-18(19-4-2)22-15-9-5-6-10-15;/h7-8,11-12,15H,3-6,9-10,13H2,1-2H3,(H,21,23)(H2,19,20,22);1H. The van der Waals surface area contributed by atoms with Crippen LogP contribution < -0.4 is 16.0 Å². The Labute approximate surface area is 162 Å². The summed E-state index contributed by atoms with van der Waals surface area (Å²) in [7, 11) is 0. The first-order chi connectivity index (χ1) is 11.2. The monoisotopic (exact) mass is 444 g/mol. The van der Waals surface area contributed by atoms with Crippen LogP contribution in [0.15, 0.2) is 29.3 Å². The van der Waals surface area contributed by atoms with E-state index in [4.69, 9.17) is 0 Å². The number of halogens is 1. The minimum absolute atomic E-state index is 0. The van der Waals surface area contributed by atoms with Gasteiger partial charge >= 0.3 is 0 Å². The van der Waals surface area contributed by atoms with Gasteiger partial charge in [0.1, 0.15) is 6.54 Å². The zero-order valence-corrected chi connectivity index (χ0v) is 16.9. The number of carbonyl (C=O) groups is 1. The highest BCUT2D eigenvalue weighted by atomic mass is 127. The van der Waals surface area contributed by atoms with Gasteiger partial charge in [0.05, 0.1) is 0 Å². The third-order valence-corrected chi connectivity index (χ3v) is 4.04. The van der Waals surface area contributed by atoms with E-state index in [-0.39, 0.29) is 36.4 Å². The summed E-state index contributed by atoms with van der Waals surface area (Å²) in [6.07, 6.45) is 5.86. The smallest absolute Gasteiger partial charge is 0.246 e. The van der Waals surface area contributed by atoms with Gasteiger partial charge in [0.15, 0.2) is 5.96 Å². The van der Waals surface area contributed by atoms with Gasteiger partial charge in [-0.1, -0.05) is 31.9 Å². The lowest BCUT2D eigenvalue weighted by molar-refractivity contribution is -0.114. The van der Waals surface area contributed by atoms with Crippen LogP contribution in [0, 0.1) is 0 Å². The minimum atomic E-state index is -0.0955. The third kappa shape index (κ3) is 7.07. The molecule has 1 fully saturated rings. The van der Waals surface area contributed by atoms with Gasteiger partial charge < -0.3 is 16.0 Å². The summed E-state index contributed by atoms with van der Waals surface area (Å²) in [4.78, 5) is 16.5. The zero-order valence-electron chi connectivity index (χ0n) is 14.6. The molecule has 24 heavy (non-hydrogen) atoms. The van der Waals surface area contributed by atoms with Crippen molar-refractivity contribution in [3.05, 3.63) is 29.8 Å². The van der Waals surface area contributed by atoms with E-state index < -0.39 is 0 Å². The number of nitrogens with zero attached hydrogens (tertiary/aromatic N) is 1. The summed E-state index contributed by atoms with van der Waals surface area (Å²) in [5, 5.41) is 9.53. The molecular weight excluding hydrogens is 415 g/mol. The maximum atomic E-state index is 12.1. The van der Waals surface area contributed by atoms with Crippen molar-refractivity contribution >= 4 is 41.5 Å². The Morgan fingerprint density at radius 2 is 2.00 bits per heavy atom. The van der Waals surface area contributed by atoms with Crippen molar-refractivity contribution in [2.24, 2.45) is 4.99 Å². The molecule has 0 radical (unpaired) electrons. The van der Waals surface area contributed by atoms with Gasteiger partial charge in [-0.3, -0.25) is 4.79 Å². The molecule has 2 rings (SSSR count).